The Balaban J connectivity index is 1.44. The summed E-state index contributed by atoms with van der Waals surface area (Å²) in [7, 11) is 1.51. The average Bonchev–Trinajstić information content (AvgIpc) is 2.82. The van der Waals surface area contributed by atoms with Gasteiger partial charge in [0.15, 0.2) is 6.61 Å². The molecule has 1 N–H and O–H groups in total. The molecule has 0 aromatic heterocycles. The number of esters is 1. The molecule has 0 aliphatic carbocycles. The summed E-state index contributed by atoms with van der Waals surface area (Å²) in [6, 6.07) is 21.7. The highest BCUT2D eigenvalue weighted by atomic mass is 35.5. The van der Waals surface area contributed by atoms with E-state index in [1.807, 2.05) is 24.3 Å². The van der Waals surface area contributed by atoms with Gasteiger partial charge in [0.05, 0.1) is 12.8 Å². The van der Waals surface area contributed by atoms with Crippen LogP contribution >= 0.6 is 11.6 Å². The molecule has 7 heteroatoms. The predicted octanol–water partition coefficient (Wildman–Crippen LogP) is 5.12. The first kappa shape index (κ1) is 22.9. The van der Waals surface area contributed by atoms with E-state index in [1.54, 1.807) is 54.6 Å². The second-order valence-corrected chi connectivity index (χ2v) is 7.05. The molecule has 32 heavy (non-hydrogen) atoms. The van der Waals surface area contributed by atoms with Gasteiger partial charge in [-0.1, -0.05) is 54.1 Å². The van der Waals surface area contributed by atoms with Crippen molar-refractivity contribution in [2.45, 2.75) is 6.61 Å². The highest BCUT2D eigenvalue weighted by Gasteiger charge is 2.09. The number of carbonyl (C=O) groups excluding carboxylic acids is 2. The van der Waals surface area contributed by atoms with Gasteiger partial charge in [0.25, 0.3) is 5.91 Å². The molecule has 3 rings (SSSR count). The smallest absolute Gasteiger partial charge is 0.331 e. The van der Waals surface area contributed by atoms with Crippen molar-refractivity contribution in [2.75, 3.05) is 19.0 Å². The van der Waals surface area contributed by atoms with Crippen LogP contribution in [0.25, 0.3) is 6.08 Å². The lowest BCUT2D eigenvalue weighted by molar-refractivity contribution is -0.142. The number of nitrogens with one attached hydrogen (secondary N) is 1. The van der Waals surface area contributed by atoms with E-state index in [1.165, 1.54) is 13.2 Å². The number of ether oxygens (including phenoxy) is 3. The minimum Gasteiger partial charge on any atom is -0.495 e. The summed E-state index contributed by atoms with van der Waals surface area (Å²) < 4.78 is 15.9. The predicted molar refractivity (Wildman–Crippen MR) is 124 cm³/mol. The van der Waals surface area contributed by atoms with Crippen molar-refractivity contribution in [1.82, 2.24) is 0 Å². The molecule has 0 bridgehead atoms. The van der Waals surface area contributed by atoms with Gasteiger partial charge in [-0.15, -0.1) is 0 Å². The third-order valence-electron chi connectivity index (χ3n) is 4.37. The van der Waals surface area contributed by atoms with Crippen LogP contribution < -0.4 is 14.8 Å². The maximum Gasteiger partial charge on any atom is 0.331 e. The molecule has 0 saturated carbocycles. The fraction of sp³-hybridized carbons (Fsp3) is 0.120. The fourth-order valence-electron chi connectivity index (χ4n) is 2.73. The first-order valence-corrected chi connectivity index (χ1v) is 10.2. The van der Waals surface area contributed by atoms with E-state index in [2.05, 4.69) is 5.32 Å². The van der Waals surface area contributed by atoms with Gasteiger partial charge in [0.1, 0.15) is 18.1 Å². The van der Waals surface area contributed by atoms with E-state index < -0.39 is 18.5 Å². The van der Waals surface area contributed by atoms with E-state index in [0.29, 0.717) is 28.8 Å². The first-order chi connectivity index (χ1) is 15.5. The molecule has 0 fully saturated rings. The molecule has 0 radical (unpaired) electrons. The van der Waals surface area contributed by atoms with Gasteiger partial charge < -0.3 is 19.5 Å². The molecule has 0 heterocycles. The highest BCUT2D eigenvalue weighted by molar-refractivity contribution is 6.31. The summed E-state index contributed by atoms with van der Waals surface area (Å²) in [5.74, 6) is 0.111. The highest BCUT2D eigenvalue weighted by Crippen LogP contribution is 2.23. The zero-order valence-electron chi connectivity index (χ0n) is 17.4. The zero-order chi connectivity index (χ0) is 22.8. The fourth-order valence-corrected chi connectivity index (χ4v) is 2.93. The number of para-hydroxylation sites is 2. The van der Waals surface area contributed by atoms with Crippen LogP contribution in [0.2, 0.25) is 5.02 Å². The van der Waals surface area contributed by atoms with Gasteiger partial charge in [-0.25, -0.2) is 4.79 Å². The Morgan fingerprint density at radius 2 is 1.69 bits per heavy atom. The summed E-state index contributed by atoms with van der Waals surface area (Å²) in [5, 5.41) is 3.29. The van der Waals surface area contributed by atoms with Crippen LogP contribution in [-0.2, 0) is 20.9 Å². The Bertz CT molecular complexity index is 1100. The monoisotopic (exact) mass is 451 g/mol. The molecule has 3 aromatic carbocycles. The number of hydrogen-bond acceptors (Lipinski definition) is 5. The third kappa shape index (κ3) is 6.89. The number of rotatable bonds is 9. The minimum atomic E-state index is -0.626. The number of halogens is 1. The maximum atomic E-state index is 12.0. The number of hydrogen-bond donors (Lipinski definition) is 1. The summed E-state index contributed by atoms with van der Waals surface area (Å²) in [5.41, 5.74) is 2.18. The van der Waals surface area contributed by atoms with Gasteiger partial charge in [0.2, 0.25) is 0 Å². The maximum absolute atomic E-state index is 12.0. The van der Waals surface area contributed by atoms with Crippen LogP contribution in [0.3, 0.4) is 0 Å². The molecule has 164 valence electrons. The van der Waals surface area contributed by atoms with Crippen LogP contribution in [-0.4, -0.2) is 25.6 Å². The lowest BCUT2D eigenvalue weighted by Crippen LogP contribution is -2.20. The van der Waals surface area contributed by atoms with Crippen molar-refractivity contribution >= 4 is 35.2 Å². The number of methoxy groups -OCH3 is 1. The largest absolute Gasteiger partial charge is 0.495 e. The topological polar surface area (TPSA) is 73.9 Å². The van der Waals surface area contributed by atoms with Gasteiger partial charge in [-0.2, -0.15) is 0 Å². The van der Waals surface area contributed by atoms with Gasteiger partial charge >= 0.3 is 5.97 Å². The van der Waals surface area contributed by atoms with Crippen molar-refractivity contribution in [3.63, 3.8) is 0 Å². The minimum absolute atomic E-state index is 0.359. The third-order valence-corrected chi connectivity index (χ3v) is 4.74. The molecular formula is C25H22ClNO5. The molecule has 0 unspecified atom stereocenters. The lowest BCUT2D eigenvalue weighted by atomic mass is 10.2. The van der Waals surface area contributed by atoms with Crippen molar-refractivity contribution in [3.8, 4) is 11.5 Å². The van der Waals surface area contributed by atoms with E-state index in [-0.39, 0.29) is 0 Å². The first-order valence-electron chi connectivity index (χ1n) is 9.79. The summed E-state index contributed by atoms with van der Waals surface area (Å²) >= 11 is 6.12. The molecular weight excluding hydrogens is 430 g/mol. The molecule has 6 nitrogen and oxygen atoms in total. The van der Waals surface area contributed by atoms with Gasteiger partial charge in [-0.05, 0) is 42.0 Å². The Labute approximate surface area is 191 Å². The molecule has 3 aromatic rings. The number of anilines is 1. The van der Waals surface area contributed by atoms with E-state index in [4.69, 9.17) is 25.8 Å². The molecule has 0 saturated heterocycles. The van der Waals surface area contributed by atoms with Crippen molar-refractivity contribution in [1.29, 1.82) is 0 Å². The Kier molecular flexibility index (Phi) is 8.29. The van der Waals surface area contributed by atoms with E-state index >= 15 is 0 Å². The van der Waals surface area contributed by atoms with Crippen LogP contribution in [0, 0.1) is 0 Å². The zero-order valence-corrected chi connectivity index (χ0v) is 18.2. The van der Waals surface area contributed by atoms with Gasteiger partial charge in [0, 0.05) is 16.7 Å². The Morgan fingerprint density at radius 1 is 0.969 bits per heavy atom. The van der Waals surface area contributed by atoms with Gasteiger partial charge in [-0.3, -0.25) is 4.79 Å². The number of carbonyl (C=O) groups is 2. The number of amides is 1. The summed E-state index contributed by atoms with van der Waals surface area (Å²) in [6.45, 7) is -0.0475. The molecule has 1 amide bonds. The second kappa shape index (κ2) is 11.6. The molecule has 0 aliphatic heterocycles. The van der Waals surface area contributed by atoms with Crippen molar-refractivity contribution in [3.05, 3.63) is 95.0 Å². The summed E-state index contributed by atoms with van der Waals surface area (Å²) in [4.78, 5) is 23.9. The molecule has 0 spiro atoms. The SMILES string of the molecule is COc1ccccc1NC(=O)COC(=O)/C=C/c1ccc(OCc2ccccc2Cl)cc1. The molecule has 0 aliphatic rings. The van der Waals surface area contributed by atoms with Crippen LogP contribution in [0.5, 0.6) is 11.5 Å². The normalized spacial score (nSPS) is 10.6. The average molecular weight is 452 g/mol. The standard InChI is InChI=1S/C25H22ClNO5/c1-30-23-9-5-4-8-22(23)27-24(28)17-32-25(29)15-12-18-10-13-20(14-11-18)31-16-19-6-2-3-7-21(19)26/h2-15H,16-17H2,1H3,(H,27,28)/b15-12+. The van der Waals surface area contributed by atoms with Crippen LogP contribution in [0.4, 0.5) is 5.69 Å². The Hall–Kier alpha value is -3.77. The van der Waals surface area contributed by atoms with Crippen LogP contribution in [0.1, 0.15) is 11.1 Å². The van der Waals surface area contributed by atoms with E-state index in [9.17, 15) is 9.59 Å². The summed E-state index contributed by atoms with van der Waals surface area (Å²) in [6.07, 6.45) is 2.86. The van der Waals surface area contributed by atoms with Crippen LogP contribution in [0.15, 0.2) is 78.9 Å². The molecule has 0 atom stereocenters. The quantitative estimate of drug-likeness (QED) is 0.361. The lowest BCUT2D eigenvalue weighted by Gasteiger charge is -2.09. The van der Waals surface area contributed by atoms with Crippen molar-refractivity contribution < 1.29 is 23.8 Å². The second-order valence-electron chi connectivity index (χ2n) is 6.64. The van der Waals surface area contributed by atoms with Crippen molar-refractivity contribution in [2.24, 2.45) is 0 Å². The van der Waals surface area contributed by atoms with E-state index in [0.717, 1.165) is 11.1 Å². The Morgan fingerprint density at radius 3 is 2.44 bits per heavy atom. The number of benzene rings is 3.